The van der Waals surface area contributed by atoms with Crippen LogP contribution in [0.5, 0.6) is 0 Å². The van der Waals surface area contributed by atoms with E-state index in [4.69, 9.17) is 10.8 Å². The molecule has 0 saturated carbocycles. The summed E-state index contributed by atoms with van der Waals surface area (Å²) in [6.07, 6.45) is 2.79. The zero-order chi connectivity index (χ0) is 8.27. The topological polar surface area (TPSA) is 51.2 Å². The molecular formula is C8H14N2O. The molecule has 1 rings (SSSR count). The van der Waals surface area contributed by atoms with E-state index in [-0.39, 0.29) is 6.61 Å². The number of aliphatic hydroxyl groups is 1. The highest BCUT2D eigenvalue weighted by Gasteiger charge is 1.99. The van der Waals surface area contributed by atoms with Crippen molar-refractivity contribution in [3.63, 3.8) is 0 Å². The molecule has 3 N–H and O–H groups in total. The Labute approximate surface area is 66.4 Å². The molecule has 0 bridgehead atoms. The molecule has 0 unspecified atom stereocenters. The number of aliphatic hydroxyl groups excluding tert-OH is 1. The van der Waals surface area contributed by atoms with Gasteiger partial charge in [0.2, 0.25) is 0 Å². The third-order valence-electron chi connectivity index (χ3n) is 1.75. The molecule has 0 spiro atoms. The maximum atomic E-state index is 8.80. The van der Waals surface area contributed by atoms with Gasteiger partial charge in [-0.05, 0) is 24.6 Å². The predicted octanol–water partition coefficient (Wildman–Crippen LogP) is 0.0186. The van der Waals surface area contributed by atoms with Crippen LogP contribution in [0.15, 0.2) is 12.3 Å². The summed E-state index contributed by atoms with van der Waals surface area (Å²) in [5.74, 6) is 0. The van der Waals surface area contributed by atoms with E-state index in [2.05, 4.69) is 0 Å². The van der Waals surface area contributed by atoms with E-state index in [0.717, 1.165) is 12.0 Å². The van der Waals surface area contributed by atoms with E-state index in [0.29, 0.717) is 6.54 Å². The number of rotatable bonds is 3. The van der Waals surface area contributed by atoms with Gasteiger partial charge >= 0.3 is 0 Å². The summed E-state index contributed by atoms with van der Waals surface area (Å²) >= 11 is 0. The van der Waals surface area contributed by atoms with Gasteiger partial charge in [0.1, 0.15) is 0 Å². The number of nitrogens with zero attached hydrogens (tertiary/aromatic N) is 1. The Balaban J connectivity index is 2.79. The molecule has 3 nitrogen and oxygen atoms in total. The molecule has 1 aromatic heterocycles. The summed E-state index contributed by atoms with van der Waals surface area (Å²) in [4.78, 5) is 0. The minimum absolute atomic E-state index is 0.110. The van der Waals surface area contributed by atoms with Crippen molar-refractivity contribution in [1.82, 2.24) is 4.57 Å². The molecule has 0 fully saturated rings. The van der Waals surface area contributed by atoms with E-state index >= 15 is 0 Å². The summed E-state index contributed by atoms with van der Waals surface area (Å²) in [6.45, 7) is 0.765. The van der Waals surface area contributed by atoms with Crippen molar-refractivity contribution < 1.29 is 5.11 Å². The minimum atomic E-state index is 0.110. The first kappa shape index (κ1) is 8.30. The average molecular weight is 154 g/mol. The Morgan fingerprint density at radius 2 is 2.36 bits per heavy atom. The highest BCUT2D eigenvalue weighted by molar-refractivity contribution is 5.17. The first-order chi connectivity index (χ1) is 5.27. The fourth-order valence-corrected chi connectivity index (χ4v) is 1.17. The van der Waals surface area contributed by atoms with E-state index in [1.165, 1.54) is 5.69 Å². The van der Waals surface area contributed by atoms with Crippen LogP contribution in [0.4, 0.5) is 0 Å². The largest absolute Gasteiger partial charge is 0.392 e. The lowest BCUT2D eigenvalue weighted by atomic mass is 10.3. The maximum Gasteiger partial charge on any atom is 0.0696 e. The molecule has 0 saturated heterocycles. The molecule has 62 valence electrons. The molecule has 0 atom stereocenters. The fourth-order valence-electron chi connectivity index (χ4n) is 1.17. The second kappa shape index (κ2) is 3.55. The quantitative estimate of drug-likeness (QED) is 0.644. The van der Waals surface area contributed by atoms with Crippen LogP contribution in [-0.4, -0.2) is 16.2 Å². The SMILES string of the molecule is Cn1cc(CO)cc1CCN. The molecule has 0 aromatic carbocycles. The fraction of sp³-hybridized carbons (Fsp3) is 0.500. The summed E-state index contributed by atoms with van der Waals surface area (Å²) < 4.78 is 2.00. The van der Waals surface area contributed by atoms with Gasteiger partial charge in [-0.15, -0.1) is 0 Å². The lowest BCUT2D eigenvalue weighted by Gasteiger charge is -1.98. The van der Waals surface area contributed by atoms with Crippen LogP contribution in [0.25, 0.3) is 0 Å². The van der Waals surface area contributed by atoms with Crippen LogP contribution in [0.3, 0.4) is 0 Å². The Morgan fingerprint density at radius 3 is 2.82 bits per heavy atom. The highest BCUT2D eigenvalue weighted by Crippen LogP contribution is 2.06. The zero-order valence-corrected chi connectivity index (χ0v) is 6.75. The second-order valence-corrected chi connectivity index (χ2v) is 2.65. The third kappa shape index (κ3) is 1.82. The molecular weight excluding hydrogens is 140 g/mol. The highest BCUT2D eigenvalue weighted by atomic mass is 16.3. The maximum absolute atomic E-state index is 8.80. The number of aromatic nitrogens is 1. The molecule has 0 aliphatic carbocycles. The van der Waals surface area contributed by atoms with Gasteiger partial charge in [-0.25, -0.2) is 0 Å². The molecule has 1 aromatic rings. The smallest absolute Gasteiger partial charge is 0.0696 e. The lowest BCUT2D eigenvalue weighted by Crippen LogP contribution is -2.05. The molecule has 0 amide bonds. The summed E-state index contributed by atoms with van der Waals surface area (Å²) in [6, 6.07) is 1.98. The number of hydrogen-bond acceptors (Lipinski definition) is 2. The van der Waals surface area contributed by atoms with Crippen molar-refractivity contribution in [2.75, 3.05) is 6.54 Å². The monoisotopic (exact) mass is 154 g/mol. The number of aryl methyl sites for hydroxylation is 1. The summed E-state index contributed by atoms with van der Waals surface area (Å²) in [7, 11) is 1.96. The summed E-state index contributed by atoms with van der Waals surface area (Å²) in [5, 5.41) is 8.80. The van der Waals surface area contributed by atoms with Crippen molar-refractivity contribution in [1.29, 1.82) is 0 Å². The zero-order valence-electron chi connectivity index (χ0n) is 6.75. The predicted molar refractivity (Wildman–Crippen MR) is 44.1 cm³/mol. The lowest BCUT2D eigenvalue weighted by molar-refractivity contribution is 0.282. The van der Waals surface area contributed by atoms with Crippen LogP contribution in [0.1, 0.15) is 11.3 Å². The van der Waals surface area contributed by atoms with Crippen LogP contribution < -0.4 is 5.73 Å². The van der Waals surface area contributed by atoms with Crippen molar-refractivity contribution in [3.8, 4) is 0 Å². The summed E-state index contributed by atoms with van der Waals surface area (Å²) in [5.41, 5.74) is 7.54. The number of nitrogens with two attached hydrogens (primary N) is 1. The first-order valence-electron chi connectivity index (χ1n) is 3.73. The molecule has 11 heavy (non-hydrogen) atoms. The molecule has 1 heterocycles. The van der Waals surface area contributed by atoms with Crippen LogP contribution in [0, 0.1) is 0 Å². The molecule has 0 radical (unpaired) electrons. The van der Waals surface area contributed by atoms with Gasteiger partial charge in [-0.2, -0.15) is 0 Å². The molecule has 3 heteroatoms. The van der Waals surface area contributed by atoms with E-state index < -0.39 is 0 Å². The standard InChI is InChI=1S/C8H14N2O/c1-10-5-7(6-11)4-8(10)2-3-9/h4-5,11H,2-3,6,9H2,1H3. The third-order valence-corrected chi connectivity index (χ3v) is 1.75. The normalized spacial score (nSPS) is 10.5. The van der Waals surface area contributed by atoms with E-state index in [9.17, 15) is 0 Å². The van der Waals surface area contributed by atoms with Gasteiger partial charge in [0.15, 0.2) is 0 Å². The van der Waals surface area contributed by atoms with Crippen LogP contribution in [0.2, 0.25) is 0 Å². The van der Waals surface area contributed by atoms with Gasteiger partial charge < -0.3 is 15.4 Å². The molecule has 0 aliphatic heterocycles. The Morgan fingerprint density at radius 1 is 1.64 bits per heavy atom. The van der Waals surface area contributed by atoms with Crippen molar-refractivity contribution in [2.24, 2.45) is 12.8 Å². The Hall–Kier alpha value is -0.800. The van der Waals surface area contributed by atoms with E-state index in [1.807, 2.05) is 23.9 Å². The van der Waals surface area contributed by atoms with Gasteiger partial charge in [0, 0.05) is 18.9 Å². The minimum Gasteiger partial charge on any atom is -0.392 e. The van der Waals surface area contributed by atoms with E-state index in [1.54, 1.807) is 0 Å². The molecule has 0 aliphatic rings. The van der Waals surface area contributed by atoms with Gasteiger partial charge in [0.25, 0.3) is 0 Å². The van der Waals surface area contributed by atoms with Crippen molar-refractivity contribution in [3.05, 3.63) is 23.5 Å². The Bertz CT molecular complexity index is 230. The number of hydrogen-bond donors (Lipinski definition) is 2. The van der Waals surface area contributed by atoms with Crippen LogP contribution >= 0.6 is 0 Å². The first-order valence-corrected chi connectivity index (χ1v) is 3.73. The van der Waals surface area contributed by atoms with Gasteiger partial charge in [-0.1, -0.05) is 0 Å². The van der Waals surface area contributed by atoms with Gasteiger partial charge in [-0.3, -0.25) is 0 Å². The van der Waals surface area contributed by atoms with Crippen LogP contribution in [-0.2, 0) is 20.1 Å². The Kier molecular flexibility index (Phi) is 2.68. The van der Waals surface area contributed by atoms with Gasteiger partial charge in [0.05, 0.1) is 6.61 Å². The van der Waals surface area contributed by atoms with Crippen molar-refractivity contribution >= 4 is 0 Å². The average Bonchev–Trinajstić information content (AvgIpc) is 2.33. The van der Waals surface area contributed by atoms with Crippen molar-refractivity contribution in [2.45, 2.75) is 13.0 Å². The second-order valence-electron chi connectivity index (χ2n) is 2.65.